The molecule has 2 N–H and O–H groups in total. The molecule has 1 aliphatic heterocycles. The summed E-state index contributed by atoms with van der Waals surface area (Å²) in [5.41, 5.74) is 9.29. The molecule has 34 heavy (non-hydrogen) atoms. The Labute approximate surface area is 205 Å². The molecule has 4 aromatic rings. The zero-order chi connectivity index (χ0) is 23.8. The molecule has 5 rings (SSSR count). The highest BCUT2D eigenvalue weighted by atomic mass is 35.5. The molecule has 0 saturated carbocycles. The Hall–Kier alpha value is -2.85. The number of fused-ring (bicyclic) bond motifs is 1. The van der Waals surface area contributed by atoms with Gasteiger partial charge in [-0.15, -0.1) is 5.10 Å². The highest BCUT2D eigenvalue weighted by Crippen LogP contribution is 2.33. The lowest BCUT2D eigenvalue weighted by Gasteiger charge is -2.17. The Bertz CT molecular complexity index is 1330. The van der Waals surface area contributed by atoms with Crippen LogP contribution < -0.4 is 10.6 Å². The predicted octanol–water partition coefficient (Wildman–Crippen LogP) is 4.06. The molecule has 1 aromatic carbocycles. The average molecular weight is 502 g/mol. The lowest BCUT2D eigenvalue weighted by Crippen LogP contribution is -2.26. The van der Waals surface area contributed by atoms with Crippen molar-refractivity contribution in [3.63, 3.8) is 0 Å². The fraction of sp³-hybridized carbons (Fsp3) is 0.304. The Morgan fingerprint density at radius 2 is 1.97 bits per heavy atom. The van der Waals surface area contributed by atoms with Gasteiger partial charge in [0.1, 0.15) is 16.9 Å². The first kappa shape index (κ1) is 22.9. The maximum Gasteiger partial charge on any atom is 0.160 e. The number of pyridine rings is 1. The monoisotopic (exact) mass is 501 g/mol. The van der Waals surface area contributed by atoms with Crippen molar-refractivity contribution >= 4 is 34.2 Å². The van der Waals surface area contributed by atoms with Gasteiger partial charge in [0.25, 0.3) is 0 Å². The fourth-order valence-electron chi connectivity index (χ4n) is 4.06. The normalized spacial score (nSPS) is 17.4. The van der Waals surface area contributed by atoms with Crippen LogP contribution in [0.3, 0.4) is 0 Å². The van der Waals surface area contributed by atoms with Crippen LogP contribution in [0.4, 0.5) is 4.39 Å². The van der Waals surface area contributed by atoms with Crippen LogP contribution in [-0.2, 0) is 6.54 Å². The molecule has 3 aromatic heterocycles. The van der Waals surface area contributed by atoms with E-state index < -0.39 is 11.9 Å². The number of hydrogen-bond acceptors (Lipinski definition) is 7. The number of rotatable bonds is 6. The Balaban J connectivity index is 1.37. The Kier molecular flexibility index (Phi) is 6.35. The van der Waals surface area contributed by atoms with Gasteiger partial charge in [-0.2, -0.15) is 0 Å². The summed E-state index contributed by atoms with van der Waals surface area (Å²) < 4.78 is 14.0. The first-order valence-electron chi connectivity index (χ1n) is 10.8. The molecular weight excluding hydrogens is 480 g/mol. The lowest BCUT2D eigenvalue weighted by atomic mass is 10.1. The van der Waals surface area contributed by atoms with Gasteiger partial charge in [-0.25, -0.2) is 14.4 Å². The molecule has 0 radical (unpaired) electrons. The number of likely N-dealkylation sites (tertiary alicyclic amines) is 1. The smallest absolute Gasteiger partial charge is 0.160 e. The van der Waals surface area contributed by atoms with E-state index in [4.69, 9.17) is 33.8 Å². The minimum Gasteiger partial charge on any atom is -0.388 e. The summed E-state index contributed by atoms with van der Waals surface area (Å²) in [6.07, 6.45) is 7.24. The third-order valence-electron chi connectivity index (χ3n) is 5.81. The summed E-state index contributed by atoms with van der Waals surface area (Å²) in [5, 5.41) is 4.47. The molecule has 0 amide bonds. The molecule has 1 saturated heterocycles. The topological polar surface area (TPSA) is 95.0 Å². The van der Waals surface area contributed by atoms with Crippen molar-refractivity contribution in [2.75, 3.05) is 13.1 Å². The van der Waals surface area contributed by atoms with E-state index >= 15 is 0 Å². The van der Waals surface area contributed by atoms with Crippen LogP contribution in [-0.4, -0.2) is 48.9 Å². The zero-order valence-corrected chi connectivity index (χ0v) is 19.8. The second-order valence-corrected chi connectivity index (χ2v) is 9.13. The molecule has 0 aliphatic carbocycles. The molecule has 8 nitrogen and oxygen atoms in total. The van der Waals surface area contributed by atoms with E-state index in [-0.39, 0.29) is 11.1 Å². The highest BCUT2D eigenvalue weighted by molar-refractivity contribution is 6.36. The molecule has 1 aliphatic rings. The quantitative estimate of drug-likeness (QED) is 0.398. The molecule has 0 bridgehead atoms. The summed E-state index contributed by atoms with van der Waals surface area (Å²) in [7, 11) is 0. The predicted molar refractivity (Wildman–Crippen MR) is 128 cm³/mol. The standard InChI is InChI=1S/C23H22Cl2FN7O/c1-13(21-17(24)2-3-18(26)22(21)25)34-33-20-6-15(9-28-19(20)10-31-33)23-29-7-14(8-30-23)11-32-5-4-16(27)12-32/h2-3,6-10,13,16H,4-5,11-12,27H2,1H3. The Morgan fingerprint density at radius 1 is 1.18 bits per heavy atom. The first-order valence-corrected chi connectivity index (χ1v) is 11.6. The molecule has 4 heterocycles. The van der Waals surface area contributed by atoms with E-state index in [9.17, 15) is 4.39 Å². The van der Waals surface area contributed by atoms with E-state index in [1.165, 1.54) is 17.0 Å². The second kappa shape index (κ2) is 9.42. The second-order valence-electron chi connectivity index (χ2n) is 8.35. The van der Waals surface area contributed by atoms with Crippen LogP contribution in [0, 0.1) is 5.82 Å². The highest BCUT2D eigenvalue weighted by Gasteiger charge is 2.21. The third kappa shape index (κ3) is 4.56. The van der Waals surface area contributed by atoms with Crippen LogP contribution in [0.2, 0.25) is 10.0 Å². The largest absolute Gasteiger partial charge is 0.388 e. The lowest BCUT2D eigenvalue weighted by molar-refractivity contribution is 0.0327. The number of nitrogens with zero attached hydrogens (tertiary/aromatic N) is 6. The number of hydrogen-bond donors (Lipinski definition) is 1. The number of nitrogens with two attached hydrogens (primary N) is 1. The number of aromatic nitrogens is 5. The van der Waals surface area contributed by atoms with Gasteiger partial charge in [0.2, 0.25) is 0 Å². The van der Waals surface area contributed by atoms with Gasteiger partial charge in [0, 0.05) is 66.0 Å². The maximum atomic E-state index is 14.0. The SMILES string of the molecule is CC(On1ncc2ncc(-c3ncc(CN4CCC(N)C4)cn3)cc21)c1c(Cl)ccc(F)c1Cl. The van der Waals surface area contributed by atoms with E-state index in [0.717, 1.165) is 31.6 Å². The van der Waals surface area contributed by atoms with Crippen LogP contribution in [0.15, 0.2) is 43.0 Å². The number of halogens is 3. The molecule has 2 unspecified atom stereocenters. The fourth-order valence-corrected chi connectivity index (χ4v) is 4.74. The summed E-state index contributed by atoms with van der Waals surface area (Å²) in [6.45, 7) is 4.36. The average Bonchev–Trinajstić information content (AvgIpc) is 3.42. The van der Waals surface area contributed by atoms with Gasteiger partial charge < -0.3 is 10.6 Å². The van der Waals surface area contributed by atoms with Crippen molar-refractivity contribution in [3.05, 3.63) is 70.0 Å². The number of benzene rings is 1. The van der Waals surface area contributed by atoms with Crippen LogP contribution in [0.25, 0.3) is 22.4 Å². The van der Waals surface area contributed by atoms with Crippen molar-refractivity contribution in [1.82, 2.24) is 29.8 Å². The summed E-state index contributed by atoms with van der Waals surface area (Å²) in [4.78, 5) is 23.0. The van der Waals surface area contributed by atoms with E-state index in [0.29, 0.717) is 33.0 Å². The van der Waals surface area contributed by atoms with Gasteiger partial charge in [-0.3, -0.25) is 9.88 Å². The molecule has 0 spiro atoms. The van der Waals surface area contributed by atoms with Crippen LogP contribution in [0.5, 0.6) is 0 Å². The minimum absolute atomic E-state index is 0.0836. The van der Waals surface area contributed by atoms with Crippen molar-refractivity contribution in [2.24, 2.45) is 5.73 Å². The molecular formula is C23H22Cl2FN7O. The Morgan fingerprint density at radius 3 is 2.71 bits per heavy atom. The molecule has 11 heteroatoms. The van der Waals surface area contributed by atoms with Gasteiger partial charge >= 0.3 is 0 Å². The van der Waals surface area contributed by atoms with Gasteiger partial charge in [-0.05, 0) is 31.5 Å². The van der Waals surface area contributed by atoms with Crippen LogP contribution >= 0.6 is 23.2 Å². The molecule has 176 valence electrons. The van der Waals surface area contributed by atoms with Crippen LogP contribution in [0.1, 0.15) is 30.6 Å². The van der Waals surface area contributed by atoms with E-state index in [1.54, 1.807) is 19.3 Å². The molecule has 2 atom stereocenters. The third-order valence-corrected chi connectivity index (χ3v) is 6.52. The van der Waals surface area contributed by atoms with E-state index in [1.807, 2.05) is 18.5 Å². The van der Waals surface area contributed by atoms with Gasteiger partial charge in [-0.1, -0.05) is 28.0 Å². The summed E-state index contributed by atoms with van der Waals surface area (Å²) in [5.74, 6) is -0.0349. The zero-order valence-electron chi connectivity index (χ0n) is 18.3. The van der Waals surface area contributed by atoms with Crippen molar-refractivity contribution in [3.8, 4) is 11.4 Å². The van der Waals surface area contributed by atoms with Crippen molar-refractivity contribution in [1.29, 1.82) is 0 Å². The minimum atomic E-state index is -0.670. The van der Waals surface area contributed by atoms with Gasteiger partial charge in [0.05, 0.1) is 11.2 Å². The maximum absolute atomic E-state index is 14.0. The summed E-state index contributed by atoms with van der Waals surface area (Å²) in [6, 6.07) is 4.73. The summed E-state index contributed by atoms with van der Waals surface area (Å²) >= 11 is 12.4. The van der Waals surface area contributed by atoms with E-state index in [2.05, 4.69) is 25.0 Å². The van der Waals surface area contributed by atoms with Crippen molar-refractivity contribution < 1.29 is 9.23 Å². The van der Waals surface area contributed by atoms with Crippen molar-refractivity contribution in [2.45, 2.75) is 32.0 Å². The molecule has 1 fully saturated rings. The van der Waals surface area contributed by atoms with Gasteiger partial charge in [0.15, 0.2) is 11.9 Å². The first-order chi connectivity index (χ1) is 16.4.